The largest absolute Gasteiger partial charge is 0.345 e. The van der Waals surface area contributed by atoms with E-state index in [-0.39, 0.29) is 18.2 Å². The third-order valence-corrected chi connectivity index (χ3v) is 4.28. The SMILES string of the molecule is O=C(C[C@H](NC(=O)c1ccccc1Cl)c1ccccc1)Nc1ccccn1. The highest BCUT2D eigenvalue weighted by Crippen LogP contribution is 2.20. The van der Waals surface area contributed by atoms with Crippen molar-refractivity contribution in [3.8, 4) is 0 Å². The van der Waals surface area contributed by atoms with Crippen LogP contribution in [0.15, 0.2) is 79.0 Å². The minimum atomic E-state index is -0.501. The van der Waals surface area contributed by atoms with Gasteiger partial charge in [0.05, 0.1) is 23.0 Å². The van der Waals surface area contributed by atoms with Gasteiger partial charge in [0.15, 0.2) is 0 Å². The Hall–Kier alpha value is -3.18. The standard InChI is InChI=1S/C21H18ClN3O2/c22-17-11-5-4-10-16(17)21(27)24-18(15-8-2-1-3-9-15)14-20(26)25-19-12-6-7-13-23-19/h1-13,18H,14H2,(H,24,27)(H,23,25,26)/t18-/m0/s1. The average molecular weight is 380 g/mol. The normalized spacial score (nSPS) is 11.4. The molecule has 1 aromatic heterocycles. The number of carbonyl (C=O) groups excluding carboxylic acids is 2. The number of carbonyl (C=O) groups is 2. The Kier molecular flexibility index (Phi) is 6.18. The van der Waals surface area contributed by atoms with Crippen LogP contribution < -0.4 is 10.6 Å². The number of aromatic nitrogens is 1. The molecule has 0 saturated heterocycles. The molecule has 0 aliphatic carbocycles. The first-order valence-electron chi connectivity index (χ1n) is 8.44. The minimum Gasteiger partial charge on any atom is -0.345 e. The summed E-state index contributed by atoms with van der Waals surface area (Å²) in [5.41, 5.74) is 1.19. The summed E-state index contributed by atoms with van der Waals surface area (Å²) in [7, 11) is 0. The number of amides is 2. The molecular formula is C21H18ClN3O2. The fourth-order valence-electron chi connectivity index (χ4n) is 2.63. The summed E-state index contributed by atoms with van der Waals surface area (Å²) >= 11 is 6.11. The number of nitrogens with one attached hydrogen (secondary N) is 2. The zero-order chi connectivity index (χ0) is 19.1. The second kappa shape index (κ2) is 8.96. The number of halogens is 1. The summed E-state index contributed by atoms with van der Waals surface area (Å²) in [6, 6.07) is 20.9. The third kappa shape index (κ3) is 5.15. The number of hydrogen-bond acceptors (Lipinski definition) is 3. The van der Waals surface area contributed by atoms with Crippen LogP contribution in [0.2, 0.25) is 5.02 Å². The zero-order valence-corrected chi connectivity index (χ0v) is 15.2. The highest BCUT2D eigenvalue weighted by Gasteiger charge is 2.20. The maximum atomic E-state index is 12.6. The molecule has 0 bridgehead atoms. The van der Waals surface area contributed by atoms with E-state index in [9.17, 15) is 9.59 Å². The topological polar surface area (TPSA) is 71.1 Å². The molecule has 0 aliphatic heterocycles. The third-order valence-electron chi connectivity index (χ3n) is 3.95. The lowest BCUT2D eigenvalue weighted by Crippen LogP contribution is -2.31. The Labute approximate surface area is 162 Å². The van der Waals surface area contributed by atoms with Crippen LogP contribution in [0.1, 0.15) is 28.4 Å². The van der Waals surface area contributed by atoms with Crippen molar-refractivity contribution in [1.29, 1.82) is 0 Å². The van der Waals surface area contributed by atoms with E-state index in [1.54, 1.807) is 48.7 Å². The van der Waals surface area contributed by atoms with Crippen molar-refractivity contribution in [3.05, 3.63) is 95.1 Å². The number of pyridine rings is 1. The Balaban J connectivity index is 1.76. The summed E-state index contributed by atoms with van der Waals surface area (Å²) < 4.78 is 0. The van der Waals surface area contributed by atoms with Gasteiger partial charge in [-0.3, -0.25) is 9.59 Å². The van der Waals surface area contributed by atoms with E-state index < -0.39 is 6.04 Å². The Morgan fingerprint density at radius 1 is 0.926 bits per heavy atom. The molecule has 5 nitrogen and oxygen atoms in total. The fraction of sp³-hybridized carbons (Fsp3) is 0.0952. The molecule has 2 N–H and O–H groups in total. The van der Waals surface area contributed by atoms with Crippen molar-refractivity contribution in [2.24, 2.45) is 0 Å². The Morgan fingerprint density at radius 3 is 2.33 bits per heavy atom. The van der Waals surface area contributed by atoms with Gasteiger partial charge in [-0.1, -0.05) is 60.1 Å². The Bertz CT molecular complexity index is 917. The second-order valence-electron chi connectivity index (χ2n) is 5.88. The van der Waals surface area contributed by atoms with Crippen LogP contribution in [-0.4, -0.2) is 16.8 Å². The first kappa shape index (κ1) is 18.6. The van der Waals surface area contributed by atoms with Crippen molar-refractivity contribution < 1.29 is 9.59 Å². The van der Waals surface area contributed by atoms with Gasteiger partial charge in [-0.2, -0.15) is 0 Å². The molecule has 0 unspecified atom stereocenters. The smallest absolute Gasteiger partial charge is 0.253 e. The number of nitrogens with zero attached hydrogens (tertiary/aromatic N) is 1. The maximum Gasteiger partial charge on any atom is 0.253 e. The van der Waals surface area contributed by atoms with Gasteiger partial charge in [-0.05, 0) is 29.8 Å². The van der Waals surface area contributed by atoms with Gasteiger partial charge in [0, 0.05) is 6.20 Å². The van der Waals surface area contributed by atoms with Crippen LogP contribution >= 0.6 is 11.6 Å². The summed E-state index contributed by atoms with van der Waals surface area (Å²) in [5.74, 6) is -0.117. The van der Waals surface area contributed by atoms with Crippen LogP contribution in [0.25, 0.3) is 0 Å². The van der Waals surface area contributed by atoms with Gasteiger partial charge in [0.1, 0.15) is 5.82 Å². The molecule has 0 saturated carbocycles. The molecule has 1 heterocycles. The lowest BCUT2D eigenvalue weighted by atomic mass is 10.0. The molecule has 0 spiro atoms. The molecule has 1 atom stereocenters. The number of anilines is 1. The summed E-state index contributed by atoms with van der Waals surface area (Å²) in [6.45, 7) is 0. The number of hydrogen-bond donors (Lipinski definition) is 2. The first-order valence-corrected chi connectivity index (χ1v) is 8.82. The van der Waals surface area contributed by atoms with E-state index >= 15 is 0 Å². The van der Waals surface area contributed by atoms with Gasteiger partial charge >= 0.3 is 0 Å². The predicted molar refractivity (Wildman–Crippen MR) is 106 cm³/mol. The maximum absolute atomic E-state index is 12.6. The molecule has 27 heavy (non-hydrogen) atoms. The monoisotopic (exact) mass is 379 g/mol. The molecule has 2 aromatic carbocycles. The molecule has 3 rings (SSSR count). The van der Waals surface area contributed by atoms with E-state index in [1.165, 1.54) is 0 Å². The fourth-order valence-corrected chi connectivity index (χ4v) is 2.86. The average Bonchev–Trinajstić information content (AvgIpc) is 2.69. The molecule has 0 fully saturated rings. The minimum absolute atomic E-state index is 0.0663. The van der Waals surface area contributed by atoms with Crippen LogP contribution in [0, 0.1) is 0 Å². The molecule has 2 amide bonds. The van der Waals surface area contributed by atoms with Crippen LogP contribution in [0.4, 0.5) is 5.82 Å². The van der Waals surface area contributed by atoms with Crippen LogP contribution in [0.5, 0.6) is 0 Å². The van der Waals surface area contributed by atoms with E-state index in [2.05, 4.69) is 15.6 Å². The molecule has 6 heteroatoms. The zero-order valence-electron chi connectivity index (χ0n) is 14.4. The van der Waals surface area contributed by atoms with E-state index in [0.29, 0.717) is 16.4 Å². The summed E-state index contributed by atoms with van der Waals surface area (Å²) in [5, 5.41) is 6.00. The highest BCUT2D eigenvalue weighted by atomic mass is 35.5. The lowest BCUT2D eigenvalue weighted by Gasteiger charge is -2.19. The van der Waals surface area contributed by atoms with E-state index in [4.69, 9.17) is 11.6 Å². The van der Waals surface area contributed by atoms with Crippen LogP contribution in [-0.2, 0) is 4.79 Å². The summed E-state index contributed by atoms with van der Waals surface area (Å²) in [4.78, 5) is 29.2. The van der Waals surface area contributed by atoms with Gasteiger partial charge < -0.3 is 10.6 Å². The van der Waals surface area contributed by atoms with Crippen molar-refractivity contribution in [3.63, 3.8) is 0 Å². The highest BCUT2D eigenvalue weighted by molar-refractivity contribution is 6.33. The Morgan fingerprint density at radius 2 is 1.63 bits per heavy atom. The van der Waals surface area contributed by atoms with Gasteiger partial charge in [-0.15, -0.1) is 0 Å². The van der Waals surface area contributed by atoms with Crippen molar-refractivity contribution in [1.82, 2.24) is 10.3 Å². The van der Waals surface area contributed by atoms with Crippen molar-refractivity contribution >= 4 is 29.2 Å². The second-order valence-corrected chi connectivity index (χ2v) is 6.29. The predicted octanol–water partition coefficient (Wildman–Crippen LogP) is 4.23. The molecule has 0 radical (unpaired) electrons. The number of rotatable bonds is 6. The van der Waals surface area contributed by atoms with E-state index in [1.807, 2.05) is 30.3 Å². The van der Waals surface area contributed by atoms with Crippen molar-refractivity contribution in [2.45, 2.75) is 12.5 Å². The molecule has 3 aromatic rings. The van der Waals surface area contributed by atoms with Gasteiger partial charge in [0.25, 0.3) is 5.91 Å². The summed E-state index contributed by atoms with van der Waals surface area (Å²) in [6.07, 6.45) is 1.67. The number of benzene rings is 2. The van der Waals surface area contributed by atoms with Gasteiger partial charge in [-0.25, -0.2) is 4.98 Å². The molecule has 136 valence electrons. The van der Waals surface area contributed by atoms with Crippen molar-refractivity contribution in [2.75, 3.05) is 5.32 Å². The van der Waals surface area contributed by atoms with Gasteiger partial charge in [0.2, 0.25) is 5.91 Å². The molecular weight excluding hydrogens is 362 g/mol. The van der Waals surface area contributed by atoms with E-state index in [0.717, 1.165) is 5.56 Å². The lowest BCUT2D eigenvalue weighted by molar-refractivity contribution is -0.116. The quantitative estimate of drug-likeness (QED) is 0.673. The first-order chi connectivity index (χ1) is 13.1. The van der Waals surface area contributed by atoms with Crippen LogP contribution in [0.3, 0.4) is 0 Å². The molecule has 0 aliphatic rings.